The second kappa shape index (κ2) is 8.03. The summed E-state index contributed by atoms with van der Waals surface area (Å²) in [4.78, 5) is 4.44. The lowest BCUT2D eigenvalue weighted by Gasteiger charge is -2.06. The number of nitrogens with one attached hydrogen (secondary N) is 1. The molecule has 0 aliphatic carbocycles. The fourth-order valence-electron chi connectivity index (χ4n) is 2.33. The number of hydrogen-bond donors (Lipinski definition) is 1. The van der Waals surface area contributed by atoms with Crippen LogP contribution in [-0.4, -0.2) is 19.9 Å². The summed E-state index contributed by atoms with van der Waals surface area (Å²) < 4.78 is 52.5. The molecule has 0 saturated carbocycles. The van der Waals surface area contributed by atoms with E-state index >= 15 is 0 Å². The monoisotopic (exact) mass is 394 g/mol. The van der Waals surface area contributed by atoms with Gasteiger partial charge >= 0.3 is 0 Å². The first-order valence-corrected chi connectivity index (χ1v) is 10.4. The summed E-state index contributed by atoms with van der Waals surface area (Å²) in [5, 5.41) is 2.61. The maximum atomic E-state index is 13.0. The number of hydrogen-bond acceptors (Lipinski definition) is 4. The third kappa shape index (κ3) is 5.17. The molecule has 2 aromatic carbocycles. The summed E-state index contributed by atoms with van der Waals surface area (Å²) in [7, 11) is -3.51. The van der Waals surface area contributed by atoms with E-state index in [-0.39, 0.29) is 18.1 Å². The SMILES string of the molecule is O=S(=O)(Cc1ccc(F)cc1)NCCc1csc(-c2ccc(F)cc2)n1. The Morgan fingerprint density at radius 2 is 1.58 bits per heavy atom. The molecule has 3 aromatic rings. The molecular weight excluding hydrogens is 378 g/mol. The molecule has 4 nitrogen and oxygen atoms in total. The number of halogens is 2. The van der Waals surface area contributed by atoms with Gasteiger partial charge in [0.2, 0.25) is 10.0 Å². The van der Waals surface area contributed by atoms with Crippen molar-refractivity contribution in [3.8, 4) is 10.6 Å². The van der Waals surface area contributed by atoms with Crippen LogP contribution in [0.4, 0.5) is 8.78 Å². The van der Waals surface area contributed by atoms with Gasteiger partial charge in [0, 0.05) is 23.9 Å². The van der Waals surface area contributed by atoms with Crippen molar-refractivity contribution in [3.63, 3.8) is 0 Å². The molecule has 0 fully saturated rings. The lowest BCUT2D eigenvalue weighted by molar-refractivity contribution is 0.580. The molecule has 0 amide bonds. The molecule has 0 saturated heterocycles. The highest BCUT2D eigenvalue weighted by atomic mass is 32.2. The molecule has 0 bridgehead atoms. The van der Waals surface area contributed by atoms with E-state index in [0.717, 1.165) is 16.3 Å². The van der Waals surface area contributed by atoms with Gasteiger partial charge in [0.05, 0.1) is 11.4 Å². The van der Waals surface area contributed by atoms with Crippen molar-refractivity contribution >= 4 is 21.4 Å². The zero-order valence-corrected chi connectivity index (χ0v) is 15.3. The van der Waals surface area contributed by atoms with Crippen molar-refractivity contribution in [1.29, 1.82) is 0 Å². The van der Waals surface area contributed by atoms with Crippen LogP contribution >= 0.6 is 11.3 Å². The van der Waals surface area contributed by atoms with Crippen LogP contribution in [-0.2, 0) is 22.2 Å². The molecule has 0 aliphatic heterocycles. The average molecular weight is 394 g/mol. The normalized spacial score (nSPS) is 11.6. The quantitative estimate of drug-likeness (QED) is 0.664. The van der Waals surface area contributed by atoms with Crippen molar-refractivity contribution in [2.45, 2.75) is 12.2 Å². The smallest absolute Gasteiger partial charge is 0.215 e. The summed E-state index contributed by atoms with van der Waals surface area (Å²) in [6.45, 7) is 0.218. The Balaban J connectivity index is 1.54. The summed E-state index contributed by atoms with van der Waals surface area (Å²) >= 11 is 1.42. The molecule has 136 valence electrons. The first kappa shape index (κ1) is 18.6. The van der Waals surface area contributed by atoms with Crippen molar-refractivity contribution in [3.05, 3.63) is 76.8 Å². The number of thiazole rings is 1. The maximum absolute atomic E-state index is 13.0. The molecule has 8 heteroatoms. The summed E-state index contributed by atoms with van der Waals surface area (Å²) in [5.74, 6) is -0.911. The largest absolute Gasteiger partial charge is 0.241 e. The highest BCUT2D eigenvalue weighted by Gasteiger charge is 2.12. The molecule has 0 atom stereocenters. The molecule has 0 unspecified atom stereocenters. The van der Waals surface area contributed by atoms with Crippen LogP contribution in [0.5, 0.6) is 0 Å². The molecule has 0 spiro atoms. The minimum absolute atomic E-state index is 0.203. The first-order chi connectivity index (χ1) is 12.4. The van der Waals surface area contributed by atoms with Gasteiger partial charge in [0.25, 0.3) is 0 Å². The molecule has 1 heterocycles. The van der Waals surface area contributed by atoms with Crippen LogP contribution < -0.4 is 4.72 Å². The third-order valence-corrected chi connectivity index (χ3v) is 5.91. The molecule has 0 aliphatic rings. The first-order valence-electron chi connectivity index (χ1n) is 7.83. The van der Waals surface area contributed by atoms with Crippen molar-refractivity contribution in [1.82, 2.24) is 9.71 Å². The topological polar surface area (TPSA) is 59.1 Å². The highest BCUT2D eigenvalue weighted by molar-refractivity contribution is 7.88. The Bertz CT molecular complexity index is 969. The van der Waals surface area contributed by atoms with Gasteiger partial charge in [-0.25, -0.2) is 26.9 Å². The van der Waals surface area contributed by atoms with Crippen LogP contribution in [0.25, 0.3) is 10.6 Å². The van der Waals surface area contributed by atoms with Crippen molar-refractivity contribution < 1.29 is 17.2 Å². The van der Waals surface area contributed by atoms with E-state index in [1.54, 1.807) is 12.1 Å². The van der Waals surface area contributed by atoms with E-state index in [1.165, 1.54) is 47.7 Å². The minimum atomic E-state index is -3.51. The molecule has 26 heavy (non-hydrogen) atoms. The number of benzene rings is 2. The van der Waals surface area contributed by atoms with Crippen LogP contribution in [0, 0.1) is 11.6 Å². The van der Waals surface area contributed by atoms with Gasteiger partial charge in [-0.3, -0.25) is 0 Å². The summed E-state index contributed by atoms with van der Waals surface area (Å²) in [6, 6.07) is 11.4. The van der Waals surface area contributed by atoms with Crippen molar-refractivity contribution in [2.24, 2.45) is 0 Å². The molecular formula is C18H16F2N2O2S2. The van der Waals surface area contributed by atoms with Gasteiger partial charge in [-0.1, -0.05) is 12.1 Å². The predicted molar refractivity (Wildman–Crippen MR) is 98.2 cm³/mol. The number of aromatic nitrogens is 1. The lowest BCUT2D eigenvalue weighted by Crippen LogP contribution is -2.27. The van der Waals surface area contributed by atoms with Crippen LogP contribution in [0.1, 0.15) is 11.3 Å². The highest BCUT2D eigenvalue weighted by Crippen LogP contribution is 2.24. The maximum Gasteiger partial charge on any atom is 0.215 e. The van der Waals surface area contributed by atoms with E-state index in [2.05, 4.69) is 9.71 Å². The Morgan fingerprint density at radius 3 is 2.23 bits per heavy atom. The fourth-order valence-corrected chi connectivity index (χ4v) is 4.34. The Labute approximate surface area is 154 Å². The number of nitrogens with zero attached hydrogens (tertiary/aromatic N) is 1. The average Bonchev–Trinajstić information content (AvgIpc) is 3.06. The van der Waals surface area contributed by atoms with Gasteiger partial charge in [-0.15, -0.1) is 11.3 Å². The van der Waals surface area contributed by atoms with Gasteiger partial charge in [-0.05, 0) is 42.0 Å². The van der Waals surface area contributed by atoms with Gasteiger partial charge in [0.1, 0.15) is 16.6 Å². The van der Waals surface area contributed by atoms with Crippen LogP contribution in [0.3, 0.4) is 0 Å². The van der Waals surface area contributed by atoms with Gasteiger partial charge in [-0.2, -0.15) is 0 Å². The van der Waals surface area contributed by atoms with Crippen LogP contribution in [0.15, 0.2) is 53.9 Å². The second-order valence-corrected chi connectivity index (χ2v) is 8.35. The van der Waals surface area contributed by atoms with E-state index in [4.69, 9.17) is 0 Å². The Hall–Kier alpha value is -2.16. The van der Waals surface area contributed by atoms with E-state index in [0.29, 0.717) is 12.0 Å². The van der Waals surface area contributed by atoms with E-state index in [9.17, 15) is 17.2 Å². The van der Waals surface area contributed by atoms with Gasteiger partial charge < -0.3 is 0 Å². The lowest BCUT2D eigenvalue weighted by atomic mass is 10.2. The Morgan fingerprint density at radius 1 is 0.962 bits per heavy atom. The fraction of sp³-hybridized carbons (Fsp3) is 0.167. The molecule has 3 rings (SSSR count). The zero-order valence-electron chi connectivity index (χ0n) is 13.7. The predicted octanol–water partition coefficient (Wildman–Crippen LogP) is 3.75. The number of sulfonamides is 1. The summed E-state index contributed by atoms with van der Waals surface area (Å²) in [5.41, 5.74) is 2.10. The van der Waals surface area contributed by atoms with Crippen LogP contribution in [0.2, 0.25) is 0 Å². The minimum Gasteiger partial charge on any atom is -0.241 e. The second-order valence-electron chi connectivity index (χ2n) is 5.68. The standard InChI is InChI=1S/C18H16F2N2O2S2/c19-15-5-1-13(2-6-15)12-26(23,24)21-10-9-17-11-25-18(22-17)14-3-7-16(20)8-4-14/h1-8,11,21H,9-10,12H2. The van der Waals surface area contributed by atoms with Gasteiger partial charge in [0.15, 0.2) is 0 Å². The summed E-state index contributed by atoms with van der Waals surface area (Å²) in [6.07, 6.45) is 0.445. The molecule has 0 radical (unpaired) electrons. The third-order valence-electron chi connectivity index (χ3n) is 3.62. The molecule has 1 N–H and O–H groups in total. The Kier molecular flexibility index (Phi) is 5.75. The van der Waals surface area contributed by atoms with E-state index in [1.807, 2.05) is 5.38 Å². The van der Waals surface area contributed by atoms with E-state index < -0.39 is 15.8 Å². The van der Waals surface area contributed by atoms with Crippen molar-refractivity contribution in [2.75, 3.05) is 6.54 Å². The molecule has 1 aromatic heterocycles. The number of rotatable bonds is 7. The zero-order chi connectivity index (χ0) is 18.6.